The summed E-state index contributed by atoms with van der Waals surface area (Å²) in [6.45, 7) is 11.3. The smallest absolute Gasteiger partial charge is 0.375 e. The van der Waals surface area contributed by atoms with Crippen molar-refractivity contribution in [3.05, 3.63) is 105 Å². The molecule has 1 unspecified atom stereocenters. The van der Waals surface area contributed by atoms with Crippen LogP contribution in [-0.2, 0) is 58.4 Å². The first-order valence-electron chi connectivity index (χ1n) is 22.5. The number of ether oxygens (including phenoxy) is 6. The fourth-order valence-corrected chi connectivity index (χ4v) is 9.17. The second-order valence-electron chi connectivity index (χ2n) is 19.3. The van der Waals surface area contributed by atoms with E-state index in [4.69, 9.17) is 38.1 Å². The number of oxime groups is 1. The van der Waals surface area contributed by atoms with Crippen LogP contribution in [0.5, 0.6) is 11.6 Å². The van der Waals surface area contributed by atoms with Gasteiger partial charge in [-0.25, -0.2) is 24.4 Å². The molecule has 5 aliphatic heterocycles. The average Bonchev–Trinajstić information content (AvgIpc) is 4.13. The number of carbonyl (C=O) groups excluding carboxylic acids is 7. The van der Waals surface area contributed by atoms with Crippen molar-refractivity contribution in [2.24, 2.45) is 11.1 Å². The highest BCUT2D eigenvalue weighted by Crippen LogP contribution is 2.49. The van der Waals surface area contributed by atoms with E-state index in [2.05, 4.69) is 15.1 Å². The number of thiazole rings is 1. The van der Waals surface area contributed by atoms with E-state index >= 15 is 0 Å². The summed E-state index contributed by atoms with van der Waals surface area (Å²) in [6, 6.07) is 17.6. The summed E-state index contributed by atoms with van der Waals surface area (Å²) in [4.78, 5) is 120. The monoisotopic (exact) mass is 979 g/mol. The summed E-state index contributed by atoms with van der Waals surface area (Å²) in [5.41, 5.74) is -5.90. The van der Waals surface area contributed by atoms with Crippen molar-refractivity contribution in [3.63, 3.8) is 0 Å². The molecule has 21 heteroatoms. The number of hydrogen-bond donors (Lipinski definition) is 0. The minimum atomic E-state index is -2.68. The van der Waals surface area contributed by atoms with Crippen LogP contribution in [-0.4, -0.2) is 115 Å². The number of fused-ring (bicyclic) bond motifs is 2. The minimum absolute atomic E-state index is 0.0408. The van der Waals surface area contributed by atoms with E-state index in [1.54, 1.807) is 102 Å². The molecule has 0 spiro atoms. The summed E-state index contributed by atoms with van der Waals surface area (Å²) >= 11 is 1.22. The topological polar surface area (TPSA) is 238 Å². The number of hydrogen-bond acceptors (Lipinski definition) is 19. The van der Waals surface area contributed by atoms with Gasteiger partial charge in [0, 0.05) is 41.8 Å². The van der Waals surface area contributed by atoms with Crippen LogP contribution in [0.2, 0.25) is 0 Å². The number of carbonyl (C=O) groups is 7. The summed E-state index contributed by atoms with van der Waals surface area (Å²) in [7, 11) is 0. The lowest BCUT2D eigenvalue weighted by molar-refractivity contribution is -0.263. The van der Waals surface area contributed by atoms with Crippen molar-refractivity contribution in [1.82, 2.24) is 19.9 Å². The molecular weight excluding hydrogens is 931 g/mol. The van der Waals surface area contributed by atoms with E-state index in [0.29, 0.717) is 26.1 Å². The minimum Gasteiger partial charge on any atom is -0.457 e. The molecule has 7 heterocycles. The molecule has 4 aromatic rings. The molecule has 0 saturated carbocycles. The molecule has 3 atom stereocenters. The Balaban J connectivity index is 0.974. The summed E-state index contributed by atoms with van der Waals surface area (Å²) in [5, 5.41) is 6.88. The quantitative estimate of drug-likeness (QED) is 0.0588. The Morgan fingerprint density at radius 2 is 1.46 bits per heavy atom. The first-order chi connectivity index (χ1) is 33.1. The Bertz CT molecular complexity index is 2740. The molecule has 20 nitrogen and oxygen atoms in total. The van der Waals surface area contributed by atoms with Gasteiger partial charge in [0.2, 0.25) is 5.60 Å². The number of pyridine rings is 1. The van der Waals surface area contributed by atoms with Crippen LogP contribution in [0, 0.1) is 12.8 Å². The lowest BCUT2D eigenvalue weighted by Gasteiger charge is -2.35. The molecule has 0 radical (unpaired) electrons. The van der Waals surface area contributed by atoms with E-state index in [1.165, 1.54) is 17.4 Å². The van der Waals surface area contributed by atoms with Gasteiger partial charge in [-0.2, -0.15) is 5.06 Å². The highest BCUT2D eigenvalue weighted by Gasteiger charge is 2.66. The van der Waals surface area contributed by atoms with Gasteiger partial charge >= 0.3 is 29.4 Å². The number of amides is 3. The summed E-state index contributed by atoms with van der Waals surface area (Å²) in [6.07, 6.45) is -1.24. The molecule has 3 fully saturated rings. The normalized spacial score (nSPS) is 22.8. The number of aromatic nitrogens is 2. The van der Waals surface area contributed by atoms with Crippen LogP contribution < -0.4 is 9.47 Å². The molecule has 9 rings (SSSR count). The number of imide groups is 1. The lowest BCUT2D eigenvalue weighted by Crippen LogP contribution is -2.57. The second kappa shape index (κ2) is 17.7. The SMILES string of the molecule is Cc1nc(/C(=N/OC2(C(=O)OC(C)(C)C)CCOCC2)C(=O)C[C@H]2CON(C3(C(=O)OC(C)(C)C)C[C@H](N4C(=O)c5cc6c(nc5C4=O)OC(c4ccccc4)(c4ccccc4)O6)C(=O)O3)C2=O)cs1. The zero-order valence-corrected chi connectivity index (χ0v) is 40.1. The lowest BCUT2D eigenvalue weighted by atomic mass is 9.94. The molecule has 70 heavy (non-hydrogen) atoms. The molecule has 3 saturated heterocycles. The van der Waals surface area contributed by atoms with Crippen LogP contribution in [0.1, 0.15) is 110 Å². The van der Waals surface area contributed by atoms with Crippen molar-refractivity contribution < 1.29 is 71.7 Å². The standard InChI is InChI=1S/C49H49N5O15S/c1-27-50-32(26-70-27)37(52-69-47(18-20-62-21-19-47)43(60)67-45(2,3)4)34(55)22-28-25-63-54(39(28)56)48(44(61)68-46(5,6)7)24-33(42(59)66-48)53-40(57)31-23-35-38(51-36(31)41(53)58)65-49(64-35,29-14-10-8-11-15-29)30-16-12-9-13-17-30/h8-17,23,26,28,33H,18-22,24-25H2,1-7H3/b52-37-/t28-,33-,48?/m0/s1. The fourth-order valence-electron chi connectivity index (χ4n) is 8.57. The van der Waals surface area contributed by atoms with Gasteiger partial charge in [-0.1, -0.05) is 65.8 Å². The van der Waals surface area contributed by atoms with E-state index in [1.807, 2.05) is 12.1 Å². The van der Waals surface area contributed by atoms with Gasteiger partial charge in [-0.15, -0.1) is 11.3 Å². The number of esters is 3. The Hall–Kier alpha value is -7.10. The van der Waals surface area contributed by atoms with Gasteiger partial charge < -0.3 is 33.3 Å². The third-order valence-corrected chi connectivity index (χ3v) is 12.7. The van der Waals surface area contributed by atoms with Gasteiger partial charge in [0.15, 0.2) is 17.2 Å². The largest absolute Gasteiger partial charge is 0.457 e. The third kappa shape index (κ3) is 8.65. The molecule has 5 aliphatic rings. The van der Waals surface area contributed by atoms with Crippen molar-refractivity contribution in [2.45, 2.75) is 109 Å². The Kier molecular flexibility index (Phi) is 12.1. The van der Waals surface area contributed by atoms with Crippen LogP contribution in [0.25, 0.3) is 0 Å². The molecule has 0 aliphatic carbocycles. The van der Waals surface area contributed by atoms with Gasteiger partial charge in [0.25, 0.3) is 23.6 Å². The van der Waals surface area contributed by atoms with Gasteiger partial charge in [0.05, 0.1) is 42.7 Å². The first kappa shape index (κ1) is 47.9. The number of hydroxylamine groups is 2. The molecule has 0 bridgehead atoms. The van der Waals surface area contributed by atoms with Crippen LogP contribution in [0.4, 0.5) is 0 Å². The van der Waals surface area contributed by atoms with Crippen molar-refractivity contribution >= 4 is 58.5 Å². The number of benzene rings is 2. The molecule has 2 aromatic heterocycles. The molecule has 366 valence electrons. The number of nitrogens with zero attached hydrogens (tertiary/aromatic N) is 5. The second-order valence-corrected chi connectivity index (χ2v) is 20.4. The van der Waals surface area contributed by atoms with E-state index in [9.17, 15) is 33.6 Å². The zero-order chi connectivity index (χ0) is 50.0. The number of Topliss-reactive ketones (excluding diaryl/α,β-unsaturated/α-hetero) is 1. The predicted octanol–water partition coefficient (Wildman–Crippen LogP) is 5.13. The fraction of sp³-hybridized carbons (Fsp3) is 0.429. The average molecular weight is 980 g/mol. The highest BCUT2D eigenvalue weighted by molar-refractivity contribution is 7.09. The van der Waals surface area contributed by atoms with E-state index < -0.39 is 101 Å². The number of cyclic esters (lactones) is 1. The van der Waals surface area contributed by atoms with Crippen molar-refractivity contribution in [3.8, 4) is 11.6 Å². The van der Waals surface area contributed by atoms with Crippen LogP contribution >= 0.6 is 11.3 Å². The highest BCUT2D eigenvalue weighted by atomic mass is 32.1. The first-order valence-corrected chi connectivity index (χ1v) is 23.4. The summed E-state index contributed by atoms with van der Waals surface area (Å²) < 4.78 is 35.4. The number of ketones is 1. The molecule has 2 aromatic carbocycles. The van der Waals surface area contributed by atoms with Crippen LogP contribution in [0.3, 0.4) is 0 Å². The maximum Gasteiger partial charge on any atom is 0.375 e. The van der Waals surface area contributed by atoms with E-state index in [0.717, 1.165) is 0 Å². The molecule has 3 amide bonds. The Morgan fingerprint density at radius 1 is 0.829 bits per heavy atom. The Morgan fingerprint density at radius 3 is 2.06 bits per heavy atom. The number of rotatable bonds is 12. The maximum atomic E-state index is 14.5. The van der Waals surface area contributed by atoms with Gasteiger partial charge in [-0.05, 0) is 48.5 Å². The van der Waals surface area contributed by atoms with Crippen LogP contribution in [0.15, 0.2) is 77.3 Å². The number of aryl methyl sites for hydroxylation is 1. The predicted molar refractivity (Wildman–Crippen MR) is 242 cm³/mol. The van der Waals surface area contributed by atoms with E-state index in [-0.39, 0.29) is 60.3 Å². The maximum absolute atomic E-state index is 14.5. The molecule has 0 N–H and O–H groups in total. The zero-order valence-electron chi connectivity index (χ0n) is 39.3. The van der Waals surface area contributed by atoms with Gasteiger partial charge in [0.1, 0.15) is 28.6 Å². The van der Waals surface area contributed by atoms with Crippen molar-refractivity contribution in [2.75, 3.05) is 19.8 Å². The van der Waals surface area contributed by atoms with Crippen molar-refractivity contribution in [1.29, 1.82) is 0 Å². The van der Waals surface area contributed by atoms with Gasteiger partial charge in [-0.3, -0.25) is 28.9 Å². The third-order valence-electron chi connectivity index (χ3n) is 11.9. The summed E-state index contributed by atoms with van der Waals surface area (Å²) in [5.74, 6) is -9.74. The Labute approximate surface area is 405 Å². The molecular formula is C49H49N5O15S.